The summed E-state index contributed by atoms with van der Waals surface area (Å²) in [4.78, 5) is 99.1. The first kappa shape index (κ1) is 88.4. The molecule has 5 N–H and O–H groups in total. The molecule has 2 fully saturated rings. The molecule has 0 spiro atoms. The van der Waals surface area contributed by atoms with Crippen LogP contribution in [0, 0.1) is 0 Å². The van der Waals surface area contributed by atoms with Crippen LogP contribution in [0.3, 0.4) is 0 Å². The minimum Gasteiger partial charge on any atom is -1.00 e. The molecule has 94 heavy (non-hydrogen) atoms. The number of aliphatic carboxylic acids is 1. The average molecular weight is 1620 g/mol. The third kappa shape index (κ3) is 38.5. The standard InChI is InChI=1S/C31H40ClN3O8.C19H20ClNO4.C12H23ClN2O3.CH3F.CH2O3.2Cs.H/c1-20(41-29(39)35-18-16-24(19-35)34-28(38)43-30(2,3)4)40-27(37)31(5,6)42-25-13-7-21(8-14-25)15-17-33-26(36)22-9-11-23(32)12-10-22;1-19(2,18(23)24)25-16-9-3-13(4-10-16)11-12-21-17(22)14-5-7-15(20)8-6-14;1-9(13)17-8-15-6-5-10(7-15)14-11(16)18-12(2,3)4;1-2;2-1-4-3;;;/h7-14,20,24H,15-19H2,1-6H3,(H,33,36)(H,34,38);3-10H,11-12H2,1-2H3,(H,21,22)(H,23,24);9-10H,5-8H2,1-4H3,(H,14,16);1H3;1,3H;;;/q;;;;;2*+1;-1/p-1/t20?,24-;;9?,10-;;;;;/m1.1...../s1/i;;;1D;;;;. The zero-order valence-corrected chi connectivity index (χ0v) is 70.7. The van der Waals surface area contributed by atoms with Crippen molar-refractivity contribution in [3.8, 4) is 11.5 Å². The van der Waals surface area contributed by atoms with Crippen LogP contribution in [0.15, 0.2) is 97.1 Å². The fraction of sp³-hybridized carbons (Fsp3) is 0.500. The average Bonchev–Trinajstić information content (AvgIpc) is 1.44. The van der Waals surface area contributed by atoms with E-state index in [0.717, 1.165) is 30.6 Å². The van der Waals surface area contributed by atoms with Gasteiger partial charge in [0.1, 0.15) is 35.0 Å². The first-order valence-corrected chi connectivity index (χ1v) is 30.3. The van der Waals surface area contributed by atoms with E-state index in [-0.39, 0.29) is 188 Å². The van der Waals surface area contributed by atoms with E-state index in [1.807, 2.05) is 45.0 Å². The number of benzene rings is 4. The predicted octanol–water partition coefficient (Wildman–Crippen LogP) is 3.93. The number of nitrogens with zero attached hydrogens (tertiary/aromatic N) is 2. The Balaban J connectivity index is 0. The van der Waals surface area contributed by atoms with E-state index in [4.69, 9.17) is 84.5 Å². The van der Waals surface area contributed by atoms with Gasteiger partial charge in [0.05, 0.1) is 14.6 Å². The third-order valence-electron chi connectivity index (χ3n) is 12.4. The summed E-state index contributed by atoms with van der Waals surface area (Å²) in [6, 6.07) is 27.5. The summed E-state index contributed by atoms with van der Waals surface area (Å²) >= 11 is 17.4. The number of hydrogen-bond acceptors (Lipinski definition) is 18. The Bertz CT molecular complexity index is 2980. The molecule has 0 aromatic heterocycles. The summed E-state index contributed by atoms with van der Waals surface area (Å²) < 4.78 is 53.2. The van der Waals surface area contributed by atoms with Gasteiger partial charge in [0, 0.05) is 73.4 Å². The molecule has 2 saturated heterocycles. The van der Waals surface area contributed by atoms with E-state index in [0.29, 0.717) is 78.3 Å². The number of carbonyl (C=O) groups excluding carboxylic acids is 7. The number of carboxylic acid groups (broad SMARTS) is 1. The number of alkyl halides is 2. The molecule has 4 atom stereocenters. The van der Waals surface area contributed by atoms with Crippen LogP contribution >= 0.6 is 34.8 Å². The fourth-order valence-corrected chi connectivity index (χ4v) is 8.28. The molecule has 2 heterocycles. The molecule has 30 heteroatoms. The Hall–Kier alpha value is -3.58. The van der Waals surface area contributed by atoms with E-state index >= 15 is 0 Å². The van der Waals surface area contributed by atoms with Gasteiger partial charge in [-0.1, -0.05) is 59.1 Å². The number of nitrogens with one attached hydrogen (secondary N) is 4. The number of ether oxygens (including phenoxy) is 7. The number of amides is 5. The van der Waals surface area contributed by atoms with Gasteiger partial charge in [0.15, 0.2) is 11.2 Å². The number of carboxylic acids is 1. The van der Waals surface area contributed by atoms with Crippen LogP contribution in [-0.2, 0) is 55.8 Å². The van der Waals surface area contributed by atoms with Crippen LogP contribution in [0.5, 0.6) is 11.5 Å². The molecule has 0 aliphatic carbocycles. The molecule has 2 aliphatic heterocycles. The first-order valence-electron chi connectivity index (χ1n) is 29.8. The molecule has 24 nitrogen and oxygen atoms in total. The van der Waals surface area contributed by atoms with Gasteiger partial charge in [-0.3, -0.25) is 23.7 Å². The maximum absolute atomic E-state index is 12.8. The maximum Gasteiger partial charge on any atom is 1.00 e. The van der Waals surface area contributed by atoms with Crippen molar-refractivity contribution in [3.05, 3.63) is 129 Å². The fourth-order valence-electron chi connectivity index (χ4n) is 7.97. The van der Waals surface area contributed by atoms with Gasteiger partial charge in [0.2, 0.25) is 6.29 Å². The number of esters is 1. The second-order valence-corrected chi connectivity index (χ2v) is 25.0. The monoisotopic (exact) mass is 1620 g/mol. The number of hydrogen-bond donors (Lipinski definition) is 5. The molecule has 6 rings (SSSR count). The van der Waals surface area contributed by atoms with Crippen molar-refractivity contribution in [2.45, 2.75) is 155 Å². The molecule has 0 radical (unpaired) electrons. The van der Waals surface area contributed by atoms with E-state index < -0.39 is 60.0 Å². The largest absolute Gasteiger partial charge is 1.00 e. The Morgan fingerprint density at radius 1 is 0.670 bits per heavy atom. The number of alkyl carbamates (subject to hydrolysis) is 2. The van der Waals surface area contributed by atoms with E-state index in [2.05, 4.69) is 31.1 Å². The summed E-state index contributed by atoms with van der Waals surface area (Å²) in [7, 11) is -1.00. The third-order valence-corrected chi connectivity index (χ3v) is 13.1. The molecular weight excluding hydrogens is 1530 g/mol. The van der Waals surface area contributed by atoms with Crippen molar-refractivity contribution in [3.63, 3.8) is 0 Å². The minimum absolute atomic E-state index is 0. The second kappa shape index (κ2) is 45.9. The van der Waals surface area contributed by atoms with Crippen LogP contribution in [0.4, 0.5) is 18.8 Å². The smallest absolute Gasteiger partial charge is 1.00 e. The van der Waals surface area contributed by atoms with Crippen LogP contribution in [0.2, 0.25) is 10.0 Å². The molecule has 2 aliphatic rings. The summed E-state index contributed by atoms with van der Waals surface area (Å²) in [6.45, 7) is 23.7. The van der Waals surface area contributed by atoms with Crippen molar-refractivity contribution >= 4 is 83.3 Å². The normalized spacial score (nSPS) is 14.9. The number of likely N-dealkylation sites (tertiary alicyclic amines) is 2. The van der Waals surface area contributed by atoms with E-state index in [1.54, 1.807) is 114 Å². The molecule has 5 amide bonds. The predicted molar refractivity (Wildman–Crippen MR) is 342 cm³/mol. The van der Waals surface area contributed by atoms with Gasteiger partial charge in [-0.25, -0.2) is 24.0 Å². The Labute approximate surface area is 685 Å². The molecule has 4 aromatic carbocycles. The molecular formula is C64H88Cl3Cs2FN6O18. The zero-order chi connectivity index (χ0) is 70.1. The number of halogens is 4. The van der Waals surface area contributed by atoms with Crippen molar-refractivity contribution in [2.24, 2.45) is 0 Å². The minimum atomic E-state index is -1.37. The van der Waals surface area contributed by atoms with Gasteiger partial charge < -0.3 is 76.0 Å². The topological polar surface area (TPSA) is 308 Å². The first-order chi connectivity index (χ1) is 43.5. The Morgan fingerprint density at radius 2 is 1.06 bits per heavy atom. The van der Waals surface area contributed by atoms with Gasteiger partial charge in [-0.2, -0.15) is 0 Å². The molecule has 0 bridgehead atoms. The summed E-state index contributed by atoms with van der Waals surface area (Å²) in [5, 5.41) is 30.0. The Morgan fingerprint density at radius 3 is 1.45 bits per heavy atom. The molecule has 512 valence electrons. The van der Waals surface area contributed by atoms with E-state index in [1.165, 1.54) is 25.7 Å². The summed E-state index contributed by atoms with van der Waals surface area (Å²) in [5.41, 5.74) is -0.956. The molecule has 0 saturated carbocycles. The maximum atomic E-state index is 12.8. The van der Waals surface area contributed by atoms with Gasteiger partial charge in [0.25, 0.3) is 18.3 Å². The summed E-state index contributed by atoms with van der Waals surface area (Å²) in [5.74, 6) is -1.15. The van der Waals surface area contributed by atoms with E-state index in [9.17, 15) is 38.0 Å². The van der Waals surface area contributed by atoms with Crippen LogP contribution in [0.25, 0.3) is 0 Å². The molecule has 4 aromatic rings. The molecule has 2 unspecified atom stereocenters. The SMILES string of the molecule is CC(C)(Oc1ccc(CCNC(=O)c2ccc(Cl)cc2)cc1)C(=O)O.CC(Cl)OCN1CC[C@@H](NC(=O)OC(C)(C)C)C1.CC(OC(=O)N1CC[C@@H](NC(=O)OC(C)(C)C)C1)OC(=O)C(C)(C)Oc1ccc(CCNC(=O)c2ccc(Cl)cc2)cc1.O=CO[O-].[2H]CF.[Cs+].[Cs+].[H-]. The van der Waals surface area contributed by atoms with Gasteiger partial charge in [-0.05, 0) is 186 Å². The zero-order valence-electron chi connectivity index (χ0n) is 57.9. The summed E-state index contributed by atoms with van der Waals surface area (Å²) in [6.07, 6.45) is -0.0327. The van der Waals surface area contributed by atoms with Crippen LogP contribution < -0.4 is 174 Å². The van der Waals surface area contributed by atoms with Crippen LogP contribution in [-0.4, -0.2) is 163 Å². The van der Waals surface area contributed by atoms with Gasteiger partial charge >= 0.3 is 168 Å². The van der Waals surface area contributed by atoms with Crippen molar-refractivity contribution in [2.75, 3.05) is 53.2 Å². The van der Waals surface area contributed by atoms with Crippen molar-refractivity contribution < 1.29 is 232 Å². The quantitative estimate of drug-likeness (QED) is 0.0142. The number of carbonyl (C=O) groups is 8. The van der Waals surface area contributed by atoms with Crippen molar-refractivity contribution in [1.82, 2.24) is 31.1 Å². The van der Waals surface area contributed by atoms with Crippen LogP contribution in [0.1, 0.15) is 131 Å². The Kier molecular flexibility index (Phi) is 43.2. The second-order valence-electron chi connectivity index (χ2n) is 23.5. The number of rotatable bonds is 22. The van der Waals surface area contributed by atoms with Gasteiger partial charge in [-0.15, -0.1) is 0 Å². The van der Waals surface area contributed by atoms with Crippen molar-refractivity contribution in [1.29, 1.82) is 0 Å².